The van der Waals surface area contributed by atoms with Crippen LogP contribution in [0, 0.1) is 17.8 Å². The van der Waals surface area contributed by atoms with E-state index < -0.39 is 0 Å². The second kappa shape index (κ2) is 2.46. The number of piperidine rings is 1. The van der Waals surface area contributed by atoms with Gasteiger partial charge in [-0.1, -0.05) is 0 Å². The quantitative estimate of drug-likeness (QED) is 0.636. The summed E-state index contributed by atoms with van der Waals surface area (Å²) >= 11 is 0. The Morgan fingerprint density at radius 2 is 2.33 bits per heavy atom. The van der Waals surface area contributed by atoms with Gasteiger partial charge in [0.2, 0.25) is 5.91 Å². The van der Waals surface area contributed by atoms with Crippen molar-refractivity contribution in [3.05, 3.63) is 0 Å². The number of likely N-dealkylation sites (tertiary alicyclic amines) is 1. The first-order chi connectivity index (χ1) is 5.66. The molecule has 0 aromatic carbocycles. The predicted molar refractivity (Wildman–Crippen MR) is 44.4 cm³/mol. The third-order valence-corrected chi connectivity index (χ3v) is 3.14. The van der Waals surface area contributed by atoms with E-state index in [1.54, 1.807) is 0 Å². The van der Waals surface area contributed by atoms with E-state index in [9.17, 15) is 4.79 Å². The van der Waals surface area contributed by atoms with Gasteiger partial charge in [0, 0.05) is 25.1 Å². The van der Waals surface area contributed by atoms with Crippen molar-refractivity contribution in [2.45, 2.75) is 19.9 Å². The van der Waals surface area contributed by atoms with Crippen LogP contribution in [0.3, 0.4) is 0 Å². The second-order valence-electron chi connectivity index (χ2n) is 4.12. The highest BCUT2D eigenvalue weighted by atomic mass is 16.3. The molecule has 3 atom stereocenters. The van der Waals surface area contributed by atoms with E-state index in [0.717, 1.165) is 6.54 Å². The number of aliphatic hydroxyl groups is 1. The molecule has 68 valence electrons. The fourth-order valence-electron chi connectivity index (χ4n) is 2.28. The highest BCUT2D eigenvalue weighted by molar-refractivity contribution is 5.85. The molecular weight excluding hydrogens is 154 g/mol. The third-order valence-electron chi connectivity index (χ3n) is 3.14. The fourth-order valence-corrected chi connectivity index (χ4v) is 2.28. The zero-order valence-corrected chi connectivity index (χ0v) is 7.53. The predicted octanol–water partition coefficient (Wildman–Crippen LogP) is 0.0915. The summed E-state index contributed by atoms with van der Waals surface area (Å²) in [5, 5.41) is 8.88. The molecule has 2 aliphatic rings. The van der Waals surface area contributed by atoms with Crippen molar-refractivity contribution in [3.8, 4) is 0 Å². The van der Waals surface area contributed by atoms with Crippen LogP contribution in [0.25, 0.3) is 0 Å². The average Bonchev–Trinajstić information content (AvgIpc) is 2.62. The summed E-state index contributed by atoms with van der Waals surface area (Å²) in [5.74, 6) is 1.17. The van der Waals surface area contributed by atoms with Crippen LogP contribution in [0.15, 0.2) is 0 Å². The number of aliphatic hydroxyl groups excluding tert-OH is 1. The molecule has 0 aromatic heterocycles. The molecule has 2 rings (SSSR count). The van der Waals surface area contributed by atoms with Crippen LogP contribution in [0.2, 0.25) is 0 Å². The summed E-state index contributed by atoms with van der Waals surface area (Å²) in [4.78, 5) is 13.5. The first-order valence-corrected chi connectivity index (χ1v) is 4.58. The van der Waals surface area contributed by atoms with Crippen molar-refractivity contribution in [2.75, 3.05) is 13.2 Å². The first kappa shape index (κ1) is 8.05. The number of hydrogen-bond donors (Lipinski definition) is 1. The second-order valence-corrected chi connectivity index (χ2v) is 4.12. The fraction of sp³-hybridized carbons (Fsp3) is 0.889. The standard InChI is InChI=1S/C9H15NO2/c1-5(2)10-3-6-7(4-11)8(6)9(10)12/h5-8,11H,3-4H2,1-2H3. The Bertz CT molecular complexity index is 215. The number of rotatable bonds is 2. The molecule has 0 aromatic rings. The molecule has 12 heavy (non-hydrogen) atoms. The Morgan fingerprint density at radius 3 is 2.67 bits per heavy atom. The van der Waals surface area contributed by atoms with Gasteiger partial charge < -0.3 is 10.0 Å². The molecule has 1 N–H and O–H groups in total. The lowest BCUT2D eigenvalue weighted by molar-refractivity contribution is -0.132. The Kier molecular flexibility index (Phi) is 1.65. The van der Waals surface area contributed by atoms with Crippen molar-refractivity contribution < 1.29 is 9.90 Å². The van der Waals surface area contributed by atoms with Gasteiger partial charge in [-0.2, -0.15) is 0 Å². The zero-order chi connectivity index (χ0) is 8.88. The molecule has 1 aliphatic heterocycles. The van der Waals surface area contributed by atoms with E-state index in [1.165, 1.54) is 0 Å². The maximum Gasteiger partial charge on any atom is 0.226 e. The molecule has 1 aliphatic carbocycles. The monoisotopic (exact) mass is 169 g/mol. The number of carbonyl (C=O) groups excluding carboxylic acids is 1. The van der Waals surface area contributed by atoms with Crippen molar-refractivity contribution >= 4 is 5.91 Å². The number of carbonyl (C=O) groups is 1. The van der Waals surface area contributed by atoms with Gasteiger partial charge in [-0.15, -0.1) is 0 Å². The molecule has 1 saturated heterocycles. The molecular formula is C9H15NO2. The Balaban J connectivity index is 2.01. The van der Waals surface area contributed by atoms with Crippen LogP contribution in [0.4, 0.5) is 0 Å². The van der Waals surface area contributed by atoms with E-state index in [1.807, 2.05) is 18.7 Å². The van der Waals surface area contributed by atoms with E-state index >= 15 is 0 Å². The molecule has 1 saturated carbocycles. The molecule has 1 heterocycles. The van der Waals surface area contributed by atoms with Gasteiger partial charge in [-0.05, 0) is 25.7 Å². The SMILES string of the molecule is CC(C)N1CC2C(CO)C2C1=O. The van der Waals surface area contributed by atoms with Gasteiger partial charge in [0.25, 0.3) is 0 Å². The summed E-state index contributed by atoms with van der Waals surface area (Å²) in [6.07, 6.45) is 0. The van der Waals surface area contributed by atoms with Crippen LogP contribution < -0.4 is 0 Å². The minimum Gasteiger partial charge on any atom is -0.396 e. The van der Waals surface area contributed by atoms with Crippen LogP contribution in [-0.4, -0.2) is 35.1 Å². The lowest BCUT2D eigenvalue weighted by atomic mass is 10.2. The maximum absolute atomic E-state index is 11.6. The number of nitrogens with zero attached hydrogens (tertiary/aromatic N) is 1. The van der Waals surface area contributed by atoms with Crippen LogP contribution in [0.5, 0.6) is 0 Å². The highest BCUT2D eigenvalue weighted by Gasteiger charge is 2.61. The molecule has 0 spiro atoms. The maximum atomic E-state index is 11.6. The minimum absolute atomic E-state index is 0.164. The van der Waals surface area contributed by atoms with Gasteiger partial charge in [0.15, 0.2) is 0 Å². The Labute approximate surface area is 72.4 Å². The van der Waals surface area contributed by atoms with E-state index in [4.69, 9.17) is 5.11 Å². The van der Waals surface area contributed by atoms with Crippen LogP contribution >= 0.6 is 0 Å². The number of fused-ring (bicyclic) bond motifs is 1. The van der Waals surface area contributed by atoms with Gasteiger partial charge in [-0.3, -0.25) is 4.79 Å². The van der Waals surface area contributed by atoms with Crippen molar-refractivity contribution in [3.63, 3.8) is 0 Å². The largest absolute Gasteiger partial charge is 0.396 e. The van der Waals surface area contributed by atoms with Crippen molar-refractivity contribution in [1.82, 2.24) is 4.90 Å². The van der Waals surface area contributed by atoms with E-state index in [0.29, 0.717) is 12.0 Å². The van der Waals surface area contributed by atoms with Crippen molar-refractivity contribution in [2.24, 2.45) is 17.8 Å². The van der Waals surface area contributed by atoms with Gasteiger partial charge in [-0.25, -0.2) is 0 Å². The molecule has 1 amide bonds. The van der Waals surface area contributed by atoms with Gasteiger partial charge in [0.1, 0.15) is 0 Å². The van der Waals surface area contributed by atoms with Crippen molar-refractivity contribution in [1.29, 1.82) is 0 Å². The van der Waals surface area contributed by atoms with E-state index in [2.05, 4.69) is 0 Å². The number of amides is 1. The topological polar surface area (TPSA) is 40.5 Å². The summed E-state index contributed by atoms with van der Waals surface area (Å²) in [7, 11) is 0. The average molecular weight is 169 g/mol. The molecule has 0 bridgehead atoms. The van der Waals surface area contributed by atoms with Gasteiger partial charge in [0.05, 0.1) is 0 Å². The Hall–Kier alpha value is -0.570. The molecule has 0 radical (unpaired) electrons. The molecule has 3 heteroatoms. The highest BCUT2D eigenvalue weighted by Crippen LogP contribution is 2.52. The third kappa shape index (κ3) is 0.891. The zero-order valence-electron chi connectivity index (χ0n) is 7.53. The smallest absolute Gasteiger partial charge is 0.226 e. The lowest BCUT2D eigenvalue weighted by Gasteiger charge is -2.23. The lowest BCUT2D eigenvalue weighted by Crippen LogP contribution is -2.36. The summed E-state index contributed by atoms with van der Waals surface area (Å²) < 4.78 is 0. The normalized spacial score (nSPS) is 39.2. The van der Waals surface area contributed by atoms with Crippen LogP contribution in [0.1, 0.15) is 13.8 Å². The molecule has 3 unspecified atom stereocenters. The summed E-state index contributed by atoms with van der Waals surface area (Å²) in [6.45, 7) is 5.13. The summed E-state index contributed by atoms with van der Waals surface area (Å²) in [5.41, 5.74) is 0. The first-order valence-electron chi connectivity index (χ1n) is 4.58. The molecule has 2 fully saturated rings. The Morgan fingerprint density at radius 1 is 1.67 bits per heavy atom. The van der Waals surface area contributed by atoms with Gasteiger partial charge >= 0.3 is 0 Å². The van der Waals surface area contributed by atoms with E-state index in [-0.39, 0.29) is 24.3 Å². The summed E-state index contributed by atoms with van der Waals surface area (Å²) in [6, 6.07) is 0.324. The van der Waals surface area contributed by atoms with Crippen LogP contribution in [-0.2, 0) is 4.79 Å². The minimum atomic E-state index is 0.164. The molecule has 3 nitrogen and oxygen atoms in total. The number of hydrogen-bond acceptors (Lipinski definition) is 2.